The molecule has 2 aromatic rings. The van der Waals surface area contributed by atoms with Crippen molar-refractivity contribution in [3.63, 3.8) is 0 Å². The molecule has 190 valence electrons. The van der Waals surface area contributed by atoms with E-state index in [-0.39, 0.29) is 11.7 Å². The summed E-state index contributed by atoms with van der Waals surface area (Å²) in [6.07, 6.45) is 1.07. The molecular weight excluding hydrogens is 505 g/mol. The third-order valence-electron chi connectivity index (χ3n) is 6.41. The average Bonchev–Trinajstić information content (AvgIpc) is 2.78. The molecule has 8 heteroatoms. The molecule has 0 aliphatic carbocycles. The lowest BCUT2D eigenvalue weighted by Gasteiger charge is -2.48. The number of sulfone groups is 1. The van der Waals surface area contributed by atoms with Crippen LogP contribution in [0.4, 0.5) is 0 Å². The highest BCUT2D eigenvalue weighted by Gasteiger charge is 2.47. The molecule has 0 aromatic heterocycles. The molecule has 35 heavy (non-hydrogen) atoms. The summed E-state index contributed by atoms with van der Waals surface area (Å²) in [6.45, 7) is 10.7. The molecule has 0 N–H and O–H groups in total. The smallest absolute Gasteiger partial charge is 0.252 e. The van der Waals surface area contributed by atoms with Crippen molar-refractivity contribution >= 4 is 38.9 Å². The first kappa shape index (κ1) is 27.7. The van der Waals surface area contributed by atoms with Crippen LogP contribution in [-0.4, -0.2) is 41.9 Å². The highest BCUT2D eigenvalue weighted by molar-refractivity contribution is 7.92. The van der Waals surface area contributed by atoms with Crippen molar-refractivity contribution in [2.75, 3.05) is 5.75 Å². The predicted molar refractivity (Wildman–Crippen MR) is 143 cm³/mol. The number of amides is 1. The van der Waals surface area contributed by atoms with Gasteiger partial charge < -0.3 is 9.64 Å². The summed E-state index contributed by atoms with van der Waals surface area (Å²) in [4.78, 5) is 15.6. The summed E-state index contributed by atoms with van der Waals surface area (Å²) in [5.74, 6) is -0.398. The minimum Gasteiger partial charge on any atom is -0.358 e. The van der Waals surface area contributed by atoms with E-state index in [0.717, 1.165) is 11.1 Å². The number of ether oxygens (including phenoxy) is 1. The van der Waals surface area contributed by atoms with Crippen molar-refractivity contribution in [2.24, 2.45) is 0 Å². The van der Waals surface area contributed by atoms with Crippen LogP contribution in [0.5, 0.6) is 0 Å². The maximum absolute atomic E-state index is 13.9. The van der Waals surface area contributed by atoms with Gasteiger partial charge in [0, 0.05) is 22.5 Å². The largest absolute Gasteiger partial charge is 0.358 e. The number of morpholine rings is 1. The summed E-state index contributed by atoms with van der Waals surface area (Å²) < 4.78 is 31.9. The minimum atomic E-state index is -3.51. The zero-order chi connectivity index (χ0) is 26.0. The lowest BCUT2D eigenvalue weighted by atomic mass is 9.89. The molecule has 0 saturated carbocycles. The first-order valence-electron chi connectivity index (χ1n) is 11.7. The fourth-order valence-corrected chi connectivity index (χ4v) is 6.04. The number of halogens is 2. The van der Waals surface area contributed by atoms with Crippen molar-refractivity contribution in [2.45, 2.75) is 69.6 Å². The maximum Gasteiger partial charge on any atom is 0.252 e. The highest BCUT2D eigenvalue weighted by Crippen LogP contribution is 2.45. The van der Waals surface area contributed by atoms with Gasteiger partial charge in [0.1, 0.15) is 12.2 Å². The fraction of sp³-hybridized carbons (Fsp3) is 0.444. The number of rotatable bonds is 8. The second-order valence-corrected chi connectivity index (χ2v) is 13.5. The topological polar surface area (TPSA) is 63.7 Å². The molecule has 0 spiro atoms. The van der Waals surface area contributed by atoms with E-state index in [4.69, 9.17) is 27.9 Å². The van der Waals surface area contributed by atoms with E-state index in [0.29, 0.717) is 22.9 Å². The second-order valence-electron chi connectivity index (χ2n) is 9.82. The van der Waals surface area contributed by atoms with Gasteiger partial charge in [0.25, 0.3) is 5.91 Å². The van der Waals surface area contributed by atoms with Gasteiger partial charge in [-0.15, -0.1) is 6.58 Å². The van der Waals surface area contributed by atoms with Crippen LogP contribution in [-0.2, 0) is 19.4 Å². The van der Waals surface area contributed by atoms with Crippen LogP contribution >= 0.6 is 23.2 Å². The Morgan fingerprint density at radius 3 is 2.29 bits per heavy atom. The van der Waals surface area contributed by atoms with Crippen LogP contribution in [0.15, 0.2) is 61.2 Å². The number of benzene rings is 2. The standard InChI is InChI=1S/C27H33Cl2NO4S/c1-6-9-23-26(31)30(22(7-2)17-35(32,33)27(3,4)5)24(18-12-14-20(28)15-13-18)25(34-23)19-10-8-11-21(29)16-19/h6,8,10-16,22-25H,1,7,9,17H2,2-5H3/t22-,23-,24+,25+/m0/s1. The Morgan fingerprint density at radius 2 is 1.74 bits per heavy atom. The molecule has 1 aliphatic rings. The predicted octanol–water partition coefficient (Wildman–Crippen LogP) is 6.57. The van der Waals surface area contributed by atoms with Gasteiger partial charge in [0.2, 0.25) is 0 Å². The van der Waals surface area contributed by atoms with Crippen molar-refractivity contribution in [1.29, 1.82) is 0 Å². The molecule has 1 aliphatic heterocycles. The number of carbonyl (C=O) groups is 1. The molecule has 0 bridgehead atoms. The van der Waals surface area contributed by atoms with Crippen LogP contribution in [0, 0.1) is 0 Å². The van der Waals surface area contributed by atoms with Crippen LogP contribution in [0.3, 0.4) is 0 Å². The molecule has 3 rings (SSSR count). The third-order valence-corrected chi connectivity index (χ3v) is 9.58. The van der Waals surface area contributed by atoms with E-state index in [1.165, 1.54) is 0 Å². The quantitative estimate of drug-likeness (QED) is 0.357. The number of carbonyl (C=O) groups excluding carboxylic acids is 1. The van der Waals surface area contributed by atoms with E-state index in [1.54, 1.807) is 49.9 Å². The summed E-state index contributed by atoms with van der Waals surface area (Å²) in [5, 5.41) is 1.11. The van der Waals surface area contributed by atoms with Crippen molar-refractivity contribution in [3.8, 4) is 0 Å². The summed E-state index contributed by atoms with van der Waals surface area (Å²) in [7, 11) is -3.51. The molecule has 5 nitrogen and oxygen atoms in total. The molecule has 1 saturated heterocycles. The van der Waals surface area contributed by atoms with Gasteiger partial charge in [0.15, 0.2) is 9.84 Å². The van der Waals surface area contributed by atoms with Gasteiger partial charge in [-0.1, -0.05) is 60.5 Å². The van der Waals surface area contributed by atoms with Crippen LogP contribution in [0.1, 0.15) is 63.8 Å². The van der Waals surface area contributed by atoms with Crippen molar-refractivity contribution in [1.82, 2.24) is 4.90 Å². The Kier molecular flexibility index (Phi) is 8.74. The van der Waals surface area contributed by atoms with Crippen LogP contribution < -0.4 is 0 Å². The van der Waals surface area contributed by atoms with Crippen molar-refractivity contribution in [3.05, 3.63) is 82.4 Å². The fourth-order valence-electron chi connectivity index (χ4n) is 4.31. The van der Waals surface area contributed by atoms with Gasteiger partial charge in [-0.2, -0.15) is 0 Å². The van der Waals surface area contributed by atoms with E-state index in [1.807, 2.05) is 37.3 Å². The molecule has 1 fully saturated rings. The summed E-state index contributed by atoms with van der Waals surface area (Å²) in [5.41, 5.74) is 1.61. The van der Waals surface area contributed by atoms with Gasteiger partial charge >= 0.3 is 0 Å². The van der Waals surface area contributed by atoms with E-state index in [9.17, 15) is 13.2 Å². The maximum atomic E-state index is 13.9. The number of nitrogens with zero attached hydrogens (tertiary/aromatic N) is 1. The molecule has 1 heterocycles. The van der Waals surface area contributed by atoms with Gasteiger partial charge in [-0.25, -0.2) is 8.42 Å². The normalized spacial score (nSPS) is 22.2. The minimum absolute atomic E-state index is 0.147. The first-order chi connectivity index (χ1) is 16.4. The summed E-state index contributed by atoms with van der Waals surface area (Å²) in [6, 6.07) is 13.5. The number of hydrogen-bond donors (Lipinski definition) is 0. The Morgan fingerprint density at radius 1 is 1.09 bits per heavy atom. The molecular formula is C27H33Cl2NO4S. The Balaban J connectivity index is 2.20. The zero-order valence-electron chi connectivity index (χ0n) is 20.6. The molecule has 1 amide bonds. The van der Waals surface area contributed by atoms with E-state index < -0.39 is 38.9 Å². The van der Waals surface area contributed by atoms with Gasteiger partial charge in [0.05, 0.1) is 16.5 Å². The number of hydrogen-bond acceptors (Lipinski definition) is 4. The zero-order valence-corrected chi connectivity index (χ0v) is 22.9. The van der Waals surface area contributed by atoms with Crippen LogP contribution in [0.25, 0.3) is 0 Å². The molecule has 2 aromatic carbocycles. The molecule has 0 radical (unpaired) electrons. The highest BCUT2D eigenvalue weighted by atomic mass is 35.5. The lowest BCUT2D eigenvalue weighted by molar-refractivity contribution is -0.178. The lowest BCUT2D eigenvalue weighted by Crippen LogP contribution is -2.56. The average molecular weight is 539 g/mol. The Bertz CT molecular complexity index is 1160. The van der Waals surface area contributed by atoms with E-state index >= 15 is 0 Å². The second kappa shape index (κ2) is 11.0. The summed E-state index contributed by atoms with van der Waals surface area (Å²) >= 11 is 12.5. The molecule has 0 unspecified atom stereocenters. The van der Waals surface area contributed by atoms with E-state index in [2.05, 4.69) is 6.58 Å². The van der Waals surface area contributed by atoms with Crippen LogP contribution in [0.2, 0.25) is 10.0 Å². The monoisotopic (exact) mass is 537 g/mol. The SMILES string of the molecule is C=CC[C@@H]1O[C@H](c2cccc(Cl)c2)[C@@H](c2ccc(Cl)cc2)N([C@@H](CC)CS(=O)(=O)C(C)(C)C)C1=O. The Hall–Kier alpha value is -1.86. The van der Waals surface area contributed by atoms with Gasteiger partial charge in [-0.05, 0) is 62.6 Å². The Labute approximate surface area is 219 Å². The third kappa shape index (κ3) is 6.11. The molecule has 4 atom stereocenters. The first-order valence-corrected chi connectivity index (χ1v) is 14.1. The van der Waals surface area contributed by atoms with Gasteiger partial charge in [-0.3, -0.25) is 4.79 Å². The van der Waals surface area contributed by atoms with Crippen molar-refractivity contribution < 1.29 is 17.9 Å².